The van der Waals surface area contributed by atoms with Crippen LogP contribution in [0.4, 0.5) is 43.9 Å². The van der Waals surface area contributed by atoms with Gasteiger partial charge in [0.1, 0.15) is 23.1 Å². The summed E-state index contributed by atoms with van der Waals surface area (Å²) in [5.41, 5.74) is 6.11. The van der Waals surface area contributed by atoms with Crippen molar-refractivity contribution in [2.75, 3.05) is 26.2 Å². The summed E-state index contributed by atoms with van der Waals surface area (Å²) in [6.45, 7) is 23.3. The summed E-state index contributed by atoms with van der Waals surface area (Å²) >= 11 is 0. The zero-order valence-corrected chi connectivity index (χ0v) is 71.3. The lowest BCUT2D eigenvalue weighted by atomic mass is 10.0. The number of para-hydroxylation sites is 1. The Labute approximate surface area is 714 Å². The molecule has 4 amide bonds. The van der Waals surface area contributed by atoms with Crippen molar-refractivity contribution in [1.82, 2.24) is 89.5 Å². The molecule has 0 spiro atoms. The number of nitrogens with zero attached hydrogens (tertiary/aromatic N) is 18. The zero-order valence-electron chi connectivity index (χ0n) is 71.3. The molecule has 0 aliphatic rings. The Morgan fingerprint density at radius 2 is 0.782 bits per heavy atom. The van der Waals surface area contributed by atoms with Crippen LogP contribution in [0.5, 0.6) is 0 Å². The fraction of sp³-hybridized carbons (Fsp3) is 0.348. The van der Waals surface area contributed by atoms with Gasteiger partial charge in [0.15, 0.2) is 17.5 Å². The fourth-order valence-electron chi connectivity index (χ4n) is 13.7. The van der Waals surface area contributed by atoms with Gasteiger partial charge in [-0.2, -0.15) is 25.2 Å². The molecule has 4 aromatic carbocycles. The van der Waals surface area contributed by atoms with E-state index < -0.39 is 52.5 Å². The molecule has 12 rings (SSSR count). The summed E-state index contributed by atoms with van der Waals surface area (Å²) < 4.78 is 138. The summed E-state index contributed by atoms with van der Waals surface area (Å²) in [5.74, 6) is -12.2. The van der Waals surface area contributed by atoms with Crippen molar-refractivity contribution in [1.29, 1.82) is 0 Å². The molecule has 0 saturated carbocycles. The van der Waals surface area contributed by atoms with Crippen LogP contribution in [0.25, 0.3) is 34.2 Å². The monoisotopic (exact) mass is 1710 g/mol. The van der Waals surface area contributed by atoms with E-state index in [-0.39, 0.29) is 98.9 Å². The summed E-state index contributed by atoms with van der Waals surface area (Å²) in [5, 5.41) is 16.3. The van der Waals surface area contributed by atoms with E-state index in [2.05, 4.69) is 79.3 Å². The van der Waals surface area contributed by atoms with Gasteiger partial charge in [-0.3, -0.25) is 39.1 Å². The van der Waals surface area contributed by atoms with Crippen molar-refractivity contribution in [2.45, 2.75) is 183 Å². The van der Waals surface area contributed by atoms with Gasteiger partial charge in [-0.1, -0.05) is 29.8 Å². The molecular formula is C92H100F10N18O4. The summed E-state index contributed by atoms with van der Waals surface area (Å²) in [7, 11) is 0. The van der Waals surface area contributed by atoms with E-state index >= 15 is 0 Å². The number of halogens is 10. The third kappa shape index (κ3) is 25.4. The maximum atomic E-state index is 14.6. The SMILES string of the molecule is CCN(C(=O)c1cc(C)ccc1-n1nccn1)[C@@H](C)CCc1ccc(C)cn1.CCN(C(=O)c1cc(F)ccc1-c1ncccn1)[C@@H](C)CCc1ncc(C(C)(F)F)cc1F.CCN(C(=O)c1cccc(F)c1-c1ncccn1)[C@@H](C)CCc1ccc(C(C)(F)F)cn1.CCN(C(=O)c1cccc(F)c1-n1nccn1)[C@@H](C)CCc1ccc(C(C)(F)F)cn1. The molecule has 0 N–H and O–H groups in total. The highest BCUT2D eigenvalue weighted by atomic mass is 19.3. The first-order valence-corrected chi connectivity index (χ1v) is 40.6. The van der Waals surface area contributed by atoms with Crippen LogP contribution in [0.2, 0.25) is 0 Å². The van der Waals surface area contributed by atoms with Gasteiger partial charge < -0.3 is 19.6 Å². The second-order valence-electron chi connectivity index (χ2n) is 29.9. The molecule has 32 heteroatoms. The van der Waals surface area contributed by atoms with Crippen LogP contribution in [0, 0.1) is 37.1 Å². The number of carbonyl (C=O) groups excluding carboxylic acids is 4. The third-order valence-corrected chi connectivity index (χ3v) is 20.8. The number of benzene rings is 4. The first kappa shape index (κ1) is 94.9. The molecule has 4 atom stereocenters. The van der Waals surface area contributed by atoms with Crippen molar-refractivity contribution < 1.29 is 63.1 Å². The number of amides is 4. The van der Waals surface area contributed by atoms with Gasteiger partial charge in [-0.15, -0.1) is 4.80 Å². The summed E-state index contributed by atoms with van der Waals surface area (Å²) in [6.07, 6.45) is 21.6. The van der Waals surface area contributed by atoms with Gasteiger partial charge in [0.2, 0.25) is 0 Å². The molecule has 0 saturated heterocycles. The molecule has 124 heavy (non-hydrogen) atoms. The minimum atomic E-state index is -3.18. The molecule has 8 aromatic heterocycles. The van der Waals surface area contributed by atoms with Crippen molar-refractivity contribution in [3.05, 3.63) is 298 Å². The molecule has 8 heterocycles. The van der Waals surface area contributed by atoms with Crippen LogP contribution in [0.1, 0.15) is 194 Å². The van der Waals surface area contributed by atoms with E-state index in [1.54, 1.807) is 72.4 Å². The molecule has 22 nitrogen and oxygen atoms in total. The average molecular weight is 1710 g/mol. The van der Waals surface area contributed by atoms with Crippen molar-refractivity contribution in [3.8, 4) is 34.2 Å². The van der Waals surface area contributed by atoms with Crippen LogP contribution in [0.15, 0.2) is 202 Å². The molecule has 0 radical (unpaired) electrons. The number of rotatable bonds is 31. The Morgan fingerprint density at radius 3 is 1.23 bits per heavy atom. The molecule has 0 unspecified atom stereocenters. The number of aryl methyl sites for hydroxylation is 6. The largest absolute Gasteiger partial charge is 0.336 e. The number of hydrogen-bond donors (Lipinski definition) is 0. The van der Waals surface area contributed by atoms with Gasteiger partial charge >= 0.3 is 0 Å². The minimum Gasteiger partial charge on any atom is -0.336 e. The Bertz CT molecular complexity index is 5460. The normalized spacial score (nSPS) is 12.4. The quantitative estimate of drug-likeness (QED) is 0.0367. The zero-order chi connectivity index (χ0) is 90.2. The molecule has 12 aromatic rings. The van der Waals surface area contributed by atoms with E-state index in [0.29, 0.717) is 99.2 Å². The van der Waals surface area contributed by atoms with Crippen LogP contribution < -0.4 is 0 Å². The lowest BCUT2D eigenvalue weighted by Gasteiger charge is -2.29. The number of hydrogen-bond acceptors (Lipinski definition) is 16. The van der Waals surface area contributed by atoms with Crippen LogP contribution in [0.3, 0.4) is 0 Å². The molecule has 0 bridgehead atoms. The number of aromatic nitrogens is 14. The van der Waals surface area contributed by atoms with Gasteiger partial charge in [0.05, 0.1) is 64.0 Å². The summed E-state index contributed by atoms with van der Waals surface area (Å²) in [6, 6.07) is 31.7. The van der Waals surface area contributed by atoms with Gasteiger partial charge in [0, 0.05) is 160 Å². The number of alkyl halides is 6. The van der Waals surface area contributed by atoms with Gasteiger partial charge in [-0.25, -0.2) is 63.8 Å². The highest BCUT2D eigenvalue weighted by molar-refractivity contribution is 6.02. The van der Waals surface area contributed by atoms with Crippen LogP contribution >= 0.6 is 0 Å². The second kappa shape index (κ2) is 43.7. The minimum absolute atomic E-state index is 0.000833. The number of carbonyl (C=O) groups is 4. The van der Waals surface area contributed by atoms with Crippen LogP contribution in [-0.2, 0) is 43.5 Å². The number of pyridine rings is 4. The average Bonchev–Trinajstić information content (AvgIpc) is 1.33. The Balaban J connectivity index is 0.000000188. The Morgan fingerprint density at radius 1 is 0.371 bits per heavy atom. The van der Waals surface area contributed by atoms with Crippen molar-refractivity contribution in [2.24, 2.45) is 0 Å². The van der Waals surface area contributed by atoms with E-state index in [0.717, 1.165) is 66.6 Å². The van der Waals surface area contributed by atoms with E-state index in [9.17, 15) is 63.1 Å². The predicted molar refractivity (Wildman–Crippen MR) is 451 cm³/mol. The topological polar surface area (TPSA) is 246 Å². The Hall–Kier alpha value is -12.9. The van der Waals surface area contributed by atoms with E-state index in [1.807, 2.05) is 77.8 Å². The molecular weight excluding hydrogens is 1610 g/mol. The standard InChI is InChI=1S/C24H24F4N4O.C24H25F3N4O.C22H24F3N5O.C22H27N5O/c1-4-32(15(2)6-9-21-20(26)12-16(14-31-21)24(3,27)28)23(33)19-13-17(25)7-8-18(19)22-29-10-5-11-30-22;1-4-31(16(2)9-11-18-12-10-17(15-30-18)24(3,26)27)23(32)19-7-5-8-20(25)21(19)22-28-13-6-14-29-22;1-4-29(15(2)8-10-17-11-9-16(14-26-17)22(3,24)25)21(31)18-6-5-7-19(23)20(18)30-27-12-13-28-30;1-5-26(18(4)8-10-19-9-6-17(3)15-23-19)22(28)20-14-16(2)7-11-21(20)27-24-12-13-25-27/h5,7-8,10-15H,4,6,9H2,1-3H3;5-8,10,12-16H,4,9,11H2,1-3H3;5-7,9,11-15H,4,8,10H2,1-3H3;6-7,9,11-15,18H,5,8,10H2,1-4H3/t15-;16-;15-;18-/m0000/s1. The third-order valence-electron chi connectivity index (χ3n) is 20.8. The molecule has 0 aliphatic heterocycles. The Kier molecular flexibility index (Phi) is 33.5. The lowest BCUT2D eigenvalue weighted by Crippen LogP contribution is -2.39. The highest BCUT2D eigenvalue weighted by Gasteiger charge is 2.33. The maximum Gasteiger partial charge on any atom is 0.272 e. The lowest BCUT2D eigenvalue weighted by molar-refractivity contribution is 0.0161. The molecule has 652 valence electrons. The smallest absolute Gasteiger partial charge is 0.272 e. The van der Waals surface area contributed by atoms with E-state index in [4.69, 9.17) is 0 Å². The second-order valence-corrected chi connectivity index (χ2v) is 29.9. The van der Waals surface area contributed by atoms with Crippen molar-refractivity contribution >= 4 is 23.6 Å². The van der Waals surface area contributed by atoms with Gasteiger partial charge in [-0.05, 0) is 229 Å². The molecule has 0 fully saturated rings. The summed E-state index contributed by atoms with van der Waals surface area (Å²) in [4.78, 5) is 95.7. The highest BCUT2D eigenvalue weighted by Crippen LogP contribution is 2.33. The first-order chi connectivity index (χ1) is 59.0. The van der Waals surface area contributed by atoms with Crippen molar-refractivity contribution in [3.63, 3.8) is 0 Å². The fourth-order valence-corrected chi connectivity index (χ4v) is 13.7. The van der Waals surface area contributed by atoms with Gasteiger partial charge in [0.25, 0.3) is 41.4 Å². The molecule has 0 aliphatic carbocycles. The first-order valence-electron chi connectivity index (χ1n) is 40.6. The van der Waals surface area contributed by atoms with E-state index in [1.165, 1.54) is 108 Å². The predicted octanol–water partition coefficient (Wildman–Crippen LogP) is 18.8. The van der Waals surface area contributed by atoms with Crippen LogP contribution in [-0.4, -0.2) is 163 Å². The maximum absolute atomic E-state index is 14.6.